The lowest BCUT2D eigenvalue weighted by molar-refractivity contribution is -0.129. The second-order valence-electron chi connectivity index (χ2n) is 5.08. The Hall–Kier alpha value is -1.83. The van der Waals surface area contributed by atoms with E-state index in [0.717, 1.165) is 31.6 Å². The zero-order valence-corrected chi connectivity index (χ0v) is 11.9. The van der Waals surface area contributed by atoms with Gasteiger partial charge in [-0.25, -0.2) is 0 Å². The number of amides is 1. The van der Waals surface area contributed by atoms with Crippen LogP contribution in [0.25, 0.3) is 0 Å². The highest BCUT2D eigenvalue weighted by Gasteiger charge is 2.18. The third-order valence-corrected chi connectivity index (χ3v) is 3.45. The van der Waals surface area contributed by atoms with Gasteiger partial charge in [0, 0.05) is 32.2 Å². The SMILES string of the molecule is CN1CCCN(Cc2ccc(C#CCN)cc2)CC1=O. The molecule has 4 heteroatoms. The van der Waals surface area contributed by atoms with Gasteiger partial charge < -0.3 is 10.6 Å². The topological polar surface area (TPSA) is 49.6 Å². The highest BCUT2D eigenvalue weighted by Crippen LogP contribution is 2.10. The third kappa shape index (κ3) is 4.09. The Morgan fingerprint density at radius 2 is 2.00 bits per heavy atom. The molecule has 0 bridgehead atoms. The number of carbonyl (C=O) groups excluding carboxylic acids is 1. The maximum absolute atomic E-state index is 11.8. The molecule has 1 aromatic rings. The summed E-state index contributed by atoms with van der Waals surface area (Å²) in [6.45, 7) is 3.51. The van der Waals surface area contributed by atoms with Crippen LogP contribution < -0.4 is 5.73 Å². The van der Waals surface area contributed by atoms with E-state index in [1.54, 1.807) is 0 Å². The summed E-state index contributed by atoms with van der Waals surface area (Å²) < 4.78 is 0. The monoisotopic (exact) mass is 271 g/mol. The van der Waals surface area contributed by atoms with Crippen molar-refractivity contribution in [3.63, 3.8) is 0 Å². The highest BCUT2D eigenvalue weighted by atomic mass is 16.2. The fourth-order valence-electron chi connectivity index (χ4n) is 2.29. The van der Waals surface area contributed by atoms with Crippen LogP contribution >= 0.6 is 0 Å². The summed E-state index contributed by atoms with van der Waals surface area (Å²) in [5.74, 6) is 6.05. The minimum Gasteiger partial charge on any atom is -0.345 e. The van der Waals surface area contributed by atoms with Crippen LogP contribution in [0.3, 0.4) is 0 Å². The number of carbonyl (C=O) groups is 1. The van der Waals surface area contributed by atoms with Gasteiger partial charge in [0.1, 0.15) is 0 Å². The normalized spacial score (nSPS) is 16.5. The Labute approximate surface area is 120 Å². The van der Waals surface area contributed by atoms with E-state index in [2.05, 4.69) is 28.9 Å². The number of nitrogens with two attached hydrogens (primary N) is 1. The lowest BCUT2D eigenvalue weighted by atomic mass is 10.1. The molecule has 1 aliphatic rings. The van der Waals surface area contributed by atoms with Crippen LogP contribution in [0, 0.1) is 11.8 Å². The van der Waals surface area contributed by atoms with Crippen molar-refractivity contribution in [3.8, 4) is 11.8 Å². The Morgan fingerprint density at radius 3 is 2.70 bits per heavy atom. The first-order valence-electron chi connectivity index (χ1n) is 6.93. The molecule has 0 aliphatic carbocycles. The van der Waals surface area contributed by atoms with E-state index in [1.807, 2.05) is 24.1 Å². The van der Waals surface area contributed by atoms with Crippen LogP contribution in [-0.2, 0) is 11.3 Å². The van der Waals surface area contributed by atoms with Gasteiger partial charge in [0.2, 0.25) is 5.91 Å². The van der Waals surface area contributed by atoms with Gasteiger partial charge in [0.15, 0.2) is 0 Å². The molecule has 106 valence electrons. The van der Waals surface area contributed by atoms with Gasteiger partial charge in [-0.15, -0.1) is 0 Å². The molecular weight excluding hydrogens is 250 g/mol. The first-order valence-corrected chi connectivity index (χ1v) is 6.93. The summed E-state index contributed by atoms with van der Waals surface area (Å²) in [6.07, 6.45) is 1.03. The molecular formula is C16H21N3O. The second-order valence-corrected chi connectivity index (χ2v) is 5.08. The molecule has 4 nitrogen and oxygen atoms in total. The van der Waals surface area contributed by atoms with E-state index in [4.69, 9.17) is 5.73 Å². The summed E-state index contributed by atoms with van der Waals surface area (Å²) in [5.41, 5.74) is 7.54. The minimum atomic E-state index is 0.202. The van der Waals surface area contributed by atoms with E-state index in [-0.39, 0.29) is 5.91 Å². The molecule has 0 aromatic heterocycles. The predicted octanol–water partition coefficient (Wildman–Crippen LogP) is 0.661. The van der Waals surface area contributed by atoms with Crippen molar-refractivity contribution in [1.29, 1.82) is 0 Å². The van der Waals surface area contributed by atoms with E-state index in [9.17, 15) is 4.79 Å². The van der Waals surface area contributed by atoms with Crippen LogP contribution in [-0.4, -0.2) is 48.9 Å². The summed E-state index contributed by atoms with van der Waals surface area (Å²) in [4.78, 5) is 15.9. The first kappa shape index (κ1) is 14.6. The first-order chi connectivity index (χ1) is 9.69. The Balaban J connectivity index is 1.97. The largest absolute Gasteiger partial charge is 0.345 e. The van der Waals surface area contributed by atoms with Crippen molar-refractivity contribution in [2.45, 2.75) is 13.0 Å². The van der Waals surface area contributed by atoms with Gasteiger partial charge >= 0.3 is 0 Å². The molecule has 0 radical (unpaired) electrons. The average molecular weight is 271 g/mol. The molecule has 0 atom stereocenters. The standard InChI is InChI=1S/C16H21N3O/c1-18-10-3-11-19(13-16(18)20)12-15-7-5-14(6-8-15)4-2-9-17/h5-8H,3,9-13,17H2,1H3. The van der Waals surface area contributed by atoms with Crippen molar-refractivity contribution >= 4 is 5.91 Å². The molecule has 20 heavy (non-hydrogen) atoms. The summed E-state index contributed by atoms with van der Waals surface area (Å²) in [5, 5.41) is 0. The molecule has 2 rings (SSSR count). The number of rotatable bonds is 2. The zero-order valence-electron chi connectivity index (χ0n) is 11.9. The van der Waals surface area contributed by atoms with Crippen molar-refractivity contribution in [2.24, 2.45) is 5.73 Å². The lowest BCUT2D eigenvalue weighted by Gasteiger charge is -2.19. The number of benzene rings is 1. The molecule has 0 unspecified atom stereocenters. The molecule has 1 aromatic carbocycles. The van der Waals surface area contributed by atoms with Crippen LogP contribution in [0.5, 0.6) is 0 Å². The Kier molecular flexibility index (Phi) is 5.16. The maximum Gasteiger partial charge on any atom is 0.236 e. The van der Waals surface area contributed by atoms with Crippen LogP contribution in [0.2, 0.25) is 0 Å². The van der Waals surface area contributed by atoms with E-state index >= 15 is 0 Å². The van der Waals surface area contributed by atoms with Gasteiger partial charge in [-0.3, -0.25) is 9.69 Å². The van der Waals surface area contributed by atoms with Crippen LogP contribution in [0.15, 0.2) is 24.3 Å². The minimum absolute atomic E-state index is 0.202. The fraction of sp³-hybridized carbons (Fsp3) is 0.438. The third-order valence-electron chi connectivity index (χ3n) is 3.45. The zero-order chi connectivity index (χ0) is 14.4. The number of likely N-dealkylation sites (N-methyl/N-ethyl adjacent to an activating group) is 1. The van der Waals surface area contributed by atoms with Gasteiger partial charge in [0.05, 0.1) is 13.1 Å². The van der Waals surface area contributed by atoms with Crippen molar-refractivity contribution in [2.75, 3.05) is 33.2 Å². The smallest absolute Gasteiger partial charge is 0.236 e. The molecule has 1 amide bonds. The number of nitrogens with zero attached hydrogens (tertiary/aromatic N) is 2. The van der Waals surface area contributed by atoms with Crippen molar-refractivity contribution < 1.29 is 4.79 Å². The molecule has 0 saturated carbocycles. The van der Waals surface area contributed by atoms with Crippen LogP contribution in [0.4, 0.5) is 0 Å². The summed E-state index contributed by atoms with van der Waals surface area (Å²) in [6, 6.07) is 8.15. The lowest BCUT2D eigenvalue weighted by Crippen LogP contribution is -2.34. The van der Waals surface area contributed by atoms with Crippen molar-refractivity contribution in [3.05, 3.63) is 35.4 Å². The Morgan fingerprint density at radius 1 is 1.25 bits per heavy atom. The van der Waals surface area contributed by atoms with Crippen molar-refractivity contribution in [1.82, 2.24) is 9.80 Å². The molecule has 1 aliphatic heterocycles. The maximum atomic E-state index is 11.8. The number of hydrogen-bond donors (Lipinski definition) is 1. The molecule has 0 spiro atoms. The second kappa shape index (κ2) is 7.09. The van der Waals surface area contributed by atoms with Crippen LogP contribution in [0.1, 0.15) is 17.5 Å². The summed E-state index contributed by atoms with van der Waals surface area (Å²) in [7, 11) is 1.87. The van der Waals surface area contributed by atoms with E-state index in [1.165, 1.54) is 5.56 Å². The molecule has 1 heterocycles. The van der Waals surface area contributed by atoms with Gasteiger partial charge in [-0.2, -0.15) is 0 Å². The Bertz CT molecular complexity index is 513. The molecule has 1 fully saturated rings. The number of hydrogen-bond acceptors (Lipinski definition) is 3. The van der Waals surface area contributed by atoms with Gasteiger partial charge in [0.25, 0.3) is 0 Å². The quantitative estimate of drug-likeness (QED) is 0.804. The highest BCUT2D eigenvalue weighted by molar-refractivity contribution is 5.78. The van der Waals surface area contributed by atoms with E-state index in [0.29, 0.717) is 13.1 Å². The average Bonchev–Trinajstić information content (AvgIpc) is 2.60. The summed E-state index contributed by atoms with van der Waals surface area (Å²) >= 11 is 0. The fourth-order valence-corrected chi connectivity index (χ4v) is 2.29. The van der Waals surface area contributed by atoms with Gasteiger partial charge in [-0.05, 0) is 24.1 Å². The predicted molar refractivity (Wildman–Crippen MR) is 79.9 cm³/mol. The van der Waals surface area contributed by atoms with E-state index < -0.39 is 0 Å². The molecule has 1 saturated heterocycles. The molecule has 2 N–H and O–H groups in total. The van der Waals surface area contributed by atoms with Gasteiger partial charge in [-0.1, -0.05) is 24.0 Å².